The Bertz CT molecular complexity index is 576. The highest BCUT2D eigenvalue weighted by atomic mass is 16.5. The average Bonchev–Trinajstić information content (AvgIpc) is 3.09. The SMILES string of the molecule is COc1ccc(C2(C#N)CCC(C)CC2)cc1OC1CCCC1. The highest BCUT2D eigenvalue weighted by Crippen LogP contribution is 2.44. The van der Waals surface area contributed by atoms with Crippen LogP contribution in [0.25, 0.3) is 0 Å². The lowest BCUT2D eigenvalue weighted by molar-refractivity contribution is 0.200. The summed E-state index contributed by atoms with van der Waals surface area (Å²) in [7, 11) is 1.68. The van der Waals surface area contributed by atoms with Crippen LogP contribution < -0.4 is 9.47 Å². The van der Waals surface area contributed by atoms with Crippen LogP contribution in [0.15, 0.2) is 18.2 Å². The van der Waals surface area contributed by atoms with Crippen molar-refractivity contribution in [2.75, 3.05) is 7.11 Å². The fraction of sp³-hybridized carbons (Fsp3) is 0.650. The van der Waals surface area contributed by atoms with Crippen LogP contribution in [0.2, 0.25) is 0 Å². The summed E-state index contributed by atoms with van der Waals surface area (Å²) in [6.45, 7) is 2.28. The van der Waals surface area contributed by atoms with Gasteiger partial charge in [-0.1, -0.05) is 13.0 Å². The summed E-state index contributed by atoms with van der Waals surface area (Å²) in [6, 6.07) is 8.71. The lowest BCUT2D eigenvalue weighted by Crippen LogP contribution is -2.29. The third-order valence-electron chi connectivity index (χ3n) is 5.65. The van der Waals surface area contributed by atoms with Gasteiger partial charge in [0.05, 0.1) is 24.7 Å². The molecule has 0 aliphatic heterocycles. The van der Waals surface area contributed by atoms with Crippen LogP contribution in [0.5, 0.6) is 11.5 Å². The van der Waals surface area contributed by atoms with E-state index >= 15 is 0 Å². The second-order valence-electron chi connectivity index (χ2n) is 7.27. The molecule has 0 N–H and O–H groups in total. The zero-order valence-electron chi connectivity index (χ0n) is 14.3. The Morgan fingerprint density at radius 1 is 1.09 bits per heavy atom. The van der Waals surface area contributed by atoms with E-state index in [0.717, 1.165) is 61.5 Å². The Morgan fingerprint density at radius 2 is 1.78 bits per heavy atom. The Kier molecular flexibility index (Phi) is 4.80. The summed E-state index contributed by atoms with van der Waals surface area (Å²) >= 11 is 0. The molecule has 3 nitrogen and oxygen atoms in total. The van der Waals surface area contributed by atoms with Gasteiger partial charge in [-0.2, -0.15) is 5.26 Å². The second-order valence-corrected chi connectivity index (χ2v) is 7.27. The minimum Gasteiger partial charge on any atom is -0.493 e. The van der Waals surface area contributed by atoms with Gasteiger partial charge in [0.25, 0.3) is 0 Å². The molecule has 0 aromatic heterocycles. The molecule has 0 radical (unpaired) electrons. The maximum Gasteiger partial charge on any atom is 0.161 e. The number of hydrogen-bond donors (Lipinski definition) is 0. The van der Waals surface area contributed by atoms with Crippen LogP contribution in [-0.2, 0) is 5.41 Å². The molecule has 3 rings (SSSR count). The highest BCUT2D eigenvalue weighted by Gasteiger charge is 2.36. The quantitative estimate of drug-likeness (QED) is 0.786. The van der Waals surface area contributed by atoms with Gasteiger partial charge in [0.1, 0.15) is 0 Å². The Labute approximate surface area is 139 Å². The molecular formula is C20H27NO2. The first-order chi connectivity index (χ1) is 11.2. The van der Waals surface area contributed by atoms with Crippen molar-refractivity contribution >= 4 is 0 Å². The largest absolute Gasteiger partial charge is 0.493 e. The van der Waals surface area contributed by atoms with E-state index in [9.17, 15) is 5.26 Å². The van der Waals surface area contributed by atoms with E-state index in [0.29, 0.717) is 6.10 Å². The molecule has 2 aliphatic carbocycles. The van der Waals surface area contributed by atoms with Crippen molar-refractivity contribution in [3.8, 4) is 17.6 Å². The Morgan fingerprint density at radius 3 is 2.39 bits per heavy atom. The molecule has 0 bridgehead atoms. The van der Waals surface area contributed by atoms with E-state index in [1.165, 1.54) is 12.8 Å². The van der Waals surface area contributed by atoms with Gasteiger partial charge in [0.2, 0.25) is 0 Å². The van der Waals surface area contributed by atoms with Crippen LogP contribution in [0, 0.1) is 17.2 Å². The first kappa shape index (κ1) is 16.2. The van der Waals surface area contributed by atoms with Crippen LogP contribution in [0.1, 0.15) is 63.9 Å². The topological polar surface area (TPSA) is 42.2 Å². The highest BCUT2D eigenvalue weighted by molar-refractivity contribution is 5.47. The van der Waals surface area contributed by atoms with Gasteiger partial charge in [0, 0.05) is 0 Å². The fourth-order valence-corrected chi connectivity index (χ4v) is 3.97. The number of nitriles is 1. The van der Waals surface area contributed by atoms with Gasteiger partial charge in [-0.25, -0.2) is 0 Å². The summed E-state index contributed by atoms with van der Waals surface area (Å²) in [5.74, 6) is 2.31. The van der Waals surface area contributed by atoms with Gasteiger partial charge in [-0.3, -0.25) is 0 Å². The average molecular weight is 313 g/mol. The van der Waals surface area contributed by atoms with E-state index in [4.69, 9.17) is 9.47 Å². The van der Waals surface area contributed by atoms with Crippen molar-refractivity contribution in [3.05, 3.63) is 23.8 Å². The third-order valence-corrected chi connectivity index (χ3v) is 5.65. The lowest BCUT2D eigenvalue weighted by Gasteiger charge is -2.34. The minimum atomic E-state index is -0.355. The van der Waals surface area contributed by atoms with Crippen LogP contribution in [-0.4, -0.2) is 13.2 Å². The van der Waals surface area contributed by atoms with Crippen molar-refractivity contribution in [3.63, 3.8) is 0 Å². The molecule has 0 spiro atoms. The van der Waals surface area contributed by atoms with Crippen LogP contribution in [0.4, 0.5) is 0 Å². The summed E-state index contributed by atoms with van der Waals surface area (Å²) in [6.07, 6.45) is 9.15. The van der Waals surface area contributed by atoms with Crippen LogP contribution in [0.3, 0.4) is 0 Å². The molecule has 1 aromatic rings. The molecule has 0 atom stereocenters. The van der Waals surface area contributed by atoms with Gasteiger partial charge in [-0.05, 0) is 75.0 Å². The molecule has 2 saturated carbocycles. The predicted molar refractivity (Wildman–Crippen MR) is 90.8 cm³/mol. The van der Waals surface area contributed by atoms with Crippen molar-refractivity contribution in [2.24, 2.45) is 5.92 Å². The van der Waals surface area contributed by atoms with Gasteiger partial charge < -0.3 is 9.47 Å². The van der Waals surface area contributed by atoms with Crippen LogP contribution >= 0.6 is 0 Å². The number of hydrogen-bond acceptors (Lipinski definition) is 3. The van der Waals surface area contributed by atoms with Crippen molar-refractivity contribution < 1.29 is 9.47 Å². The lowest BCUT2D eigenvalue weighted by atomic mass is 9.68. The van der Waals surface area contributed by atoms with Crippen molar-refractivity contribution in [2.45, 2.75) is 69.8 Å². The summed E-state index contributed by atoms with van der Waals surface area (Å²) in [5.41, 5.74) is 0.743. The second kappa shape index (κ2) is 6.83. The number of benzene rings is 1. The molecule has 0 heterocycles. The molecule has 124 valence electrons. The number of methoxy groups -OCH3 is 1. The van der Waals surface area contributed by atoms with Gasteiger partial charge in [-0.15, -0.1) is 0 Å². The van der Waals surface area contributed by atoms with E-state index in [1.807, 2.05) is 6.07 Å². The Balaban J connectivity index is 1.88. The standard InChI is InChI=1S/C20H27NO2/c1-15-9-11-20(14-21,12-10-15)16-7-8-18(22-2)19(13-16)23-17-5-3-4-6-17/h7-8,13,15,17H,3-6,9-12H2,1-2H3. The monoisotopic (exact) mass is 313 g/mol. The molecule has 1 aromatic carbocycles. The summed E-state index contributed by atoms with van der Waals surface area (Å²) in [5, 5.41) is 9.86. The first-order valence-electron chi connectivity index (χ1n) is 8.93. The molecule has 0 saturated heterocycles. The van der Waals surface area contributed by atoms with Gasteiger partial charge >= 0.3 is 0 Å². The number of ether oxygens (including phenoxy) is 2. The van der Waals surface area contributed by atoms with Crippen molar-refractivity contribution in [1.29, 1.82) is 5.26 Å². The van der Waals surface area contributed by atoms with E-state index in [-0.39, 0.29) is 5.41 Å². The summed E-state index contributed by atoms with van der Waals surface area (Å²) in [4.78, 5) is 0. The molecule has 3 heteroatoms. The molecule has 2 fully saturated rings. The molecule has 23 heavy (non-hydrogen) atoms. The summed E-state index contributed by atoms with van der Waals surface area (Å²) < 4.78 is 11.7. The number of nitrogens with zero attached hydrogens (tertiary/aromatic N) is 1. The maximum atomic E-state index is 9.86. The van der Waals surface area contributed by atoms with E-state index in [2.05, 4.69) is 25.1 Å². The minimum absolute atomic E-state index is 0.295. The molecule has 2 aliphatic rings. The van der Waals surface area contributed by atoms with Gasteiger partial charge in [0.15, 0.2) is 11.5 Å². The first-order valence-corrected chi connectivity index (χ1v) is 8.93. The molecular weight excluding hydrogens is 286 g/mol. The van der Waals surface area contributed by atoms with E-state index in [1.54, 1.807) is 7.11 Å². The Hall–Kier alpha value is -1.69. The third kappa shape index (κ3) is 3.32. The predicted octanol–water partition coefficient (Wildman–Crippen LogP) is 4.99. The molecule has 0 amide bonds. The van der Waals surface area contributed by atoms with Crippen molar-refractivity contribution in [1.82, 2.24) is 0 Å². The zero-order chi connectivity index (χ0) is 16.3. The maximum absolute atomic E-state index is 9.86. The fourth-order valence-electron chi connectivity index (χ4n) is 3.97. The van der Waals surface area contributed by atoms with E-state index < -0.39 is 0 Å². The molecule has 0 unspecified atom stereocenters. The number of rotatable bonds is 4. The zero-order valence-corrected chi connectivity index (χ0v) is 14.3. The normalized spacial score (nSPS) is 28.3. The smallest absolute Gasteiger partial charge is 0.161 e.